The predicted molar refractivity (Wildman–Crippen MR) is 127 cm³/mol. The molecule has 3 aromatic rings. The van der Waals surface area contributed by atoms with E-state index in [2.05, 4.69) is 0 Å². The molecule has 0 aliphatic carbocycles. The van der Waals surface area contributed by atoms with Gasteiger partial charge in [-0.1, -0.05) is 54.1 Å². The third-order valence-electron chi connectivity index (χ3n) is 6.91. The van der Waals surface area contributed by atoms with Crippen LogP contribution in [0.25, 0.3) is 6.08 Å². The van der Waals surface area contributed by atoms with Gasteiger partial charge in [-0.2, -0.15) is 0 Å². The van der Waals surface area contributed by atoms with E-state index in [9.17, 15) is 18.8 Å². The van der Waals surface area contributed by atoms with Gasteiger partial charge in [0, 0.05) is 16.3 Å². The van der Waals surface area contributed by atoms with Crippen molar-refractivity contribution in [3.8, 4) is 0 Å². The van der Waals surface area contributed by atoms with Crippen LogP contribution in [0.3, 0.4) is 0 Å². The molecule has 3 aromatic carbocycles. The van der Waals surface area contributed by atoms with Crippen molar-refractivity contribution in [1.29, 1.82) is 0 Å². The average molecular weight is 473 g/mol. The molecule has 7 heteroatoms. The Hall–Kier alpha value is -3.77. The Balaban J connectivity index is 1.51. The van der Waals surface area contributed by atoms with Crippen molar-refractivity contribution in [3.63, 3.8) is 0 Å². The zero-order valence-corrected chi connectivity index (χ0v) is 18.5. The molecule has 6 rings (SSSR count). The van der Waals surface area contributed by atoms with E-state index < -0.39 is 41.6 Å². The van der Waals surface area contributed by atoms with E-state index in [1.807, 2.05) is 41.3 Å². The van der Waals surface area contributed by atoms with Crippen LogP contribution in [-0.4, -0.2) is 29.7 Å². The molecule has 0 saturated carbocycles. The fraction of sp³-hybridized carbons (Fsp3) is 0.148. The molecule has 34 heavy (non-hydrogen) atoms. The highest BCUT2D eigenvalue weighted by molar-refractivity contribution is 6.30. The van der Waals surface area contributed by atoms with Gasteiger partial charge in [-0.05, 0) is 48.0 Å². The maximum Gasteiger partial charge on any atom is 0.240 e. The van der Waals surface area contributed by atoms with Crippen LogP contribution in [0.2, 0.25) is 5.02 Å². The standard InChI is InChI=1S/C27H18ClFN2O3/c28-17-12-9-16(10-13-17)25(32)24-23-22(21-14-11-15-5-1-3-7-19(15)30(21)24)26(33)31(27(23)34)20-8-4-2-6-18(20)29/h1-14,21-24H. The van der Waals surface area contributed by atoms with E-state index in [0.29, 0.717) is 10.6 Å². The first-order valence-corrected chi connectivity index (χ1v) is 11.3. The SMILES string of the molecule is O=C(c1ccc(Cl)cc1)C1C2C(=O)N(c3ccccc3F)C(=O)C2C2C=Cc3ccccc3N21. The number of fused-ring (bicyclic) bond motifs is 5. The lowest BCUT2D eigenvalue weighted by molar-refractivity contribution is -0.122. The minimum atomic E-state index is -0.948. The van der Waals surface area contributed by atoms with E-state index in [0.717, 1.165) is 16.2 Å². The van der Waals surface area contributed by atoms with Crippen molar-refractivity contribution in [2.45, 2.75) is 12.1 Å². The molecular weight excluding hydrogens is 455 g/mol. The summed E-state index contributed by atoms with van der Waals surface area (Å²) in [6.07, 6.45) is 3.78. The number of ketones is 1. The third-order valence-corrected chi connectivity index (χ3v) is 7.16. The molecule has 3 aliphatic heterocycles. The van der Waals surface area contributed by atoms with Gasteiger partial charge in [0.05, 0.1) is 23.6 Å². The number of imide groups is 1. The molecule has 2 amide bonds. The number of para-hydroxylation sites is 2. The monoisotopic (exact) mass is 472 g/mol. The summed E-state index contributed by atoms with van der Waals surface area (Å²) >= 11 is 6.02. The number of carbonyl (C=O) groups is 3. The molecule has 0 aromatic heterocycles. The van der Waals surface area contributed by atoms with Gasteiger partial charge in [-0.15, -0.1) is 0 Å². The van der Waals surface area contributed by atoms with Crippen LogP contribution < -0.4 is 9.80 Å². The van der Waals surface area contributed by atoms with Crippen LogP contribution in [0.4, 0.5) is 15.8 Å². The third kappa shape index (κ3) is 2.88. The maximum absolute atomic E-state index is 14.6. The number of rotatable bonds is 3. The van der Waals surface area contributed by atoms with Gasteiger partial charge in [0.1, 0.15) is 11.9 Å². The number of amides is 2. The first-order chi connectivity index (χ1) is 16.5. The van der Waals surface area contributed by atoms with Gasteiger partial charge in [-0.25, -0.2) is 9.29 Å². The zero-order valence-electron chi connectivity index (χ0n) is 17.8. The zero-order chi connectivity index (χ0) is 23.6. The van der Waals surface area contributed by atoms with Crippen molar-refractivity contribution in [2.75, 3.05) is 9.80 Å². The Morgan fingerprint density at radius 1 is 0.824 bits per heavy atom. The lowest BCUT2D eigenvalue weighted by Gasteiger charge is -2.36. The Morgan fingerprint density at radius 2 is 1.47 bits per heavy atom. The lowest BCUT2D eigenvalue weighted by Crippen LogP contribution is -2.49. The molecule has 0 radical (unpaired) electrons. The summed E-state index contributed by atoms with van der Waals surface area (Å²) in [4.78, 5) is 44.0. The average Bonchev–Trinajstić information content (AvgIpc) is 3.32. The van der Waals surface area contributed by atoms with Gasteiger partial charge < -0.3 is 4.90 Å². The van der Waals surface area contributed by atoms with Crippen LogP contribution in [0.5, 0.6) is 0 Å². The molecule has 0 spiro atoms. The van der Waals surface area contributed by atoms with Crippen LogP contribution in [0.1, 0.15) is 15.9 Å². The number of carbonyl (C=O) groups excluding carboxylic acids is 3. The number of anilines is 2. The molecule has 0 N–H and O–H groups in total. The van der Waals surface area contributed by atoms with E-state index in [-0.39, 0.29) is 11.5 Å². The molecule has 2 fully saturated rings. The van der Waals surface area contributed by atoms with Crippen LogP contribution >= 0.6 is 11.6 Å². The second kappa shape index (κ2) is 7.64. The topological polar surface area (TPSA) is 57.7 Å². The van der Waals surface area contributed by atoms with Crippen LogP contribution in [-0.2, 0) is 9.59 Å². The molecular formula is C27H18ClFN2O3. The minimum Gasteiger partial charge on any atom is -0.352 e. The molecule has 0 bridgehead atoms. The molecule has 168 valence electrons. The normalized spacial score (nSPS) is 24.8. The van der Waals surface area contributed by atoms with Gasteiger partial charge in [0.2, 0.25) is 11.8 Å². The quantitative estimate of drug-likeness (QED) is 0.407. The Kier molecular flexibility index (Phi) is 4.67. The highest BCUT2D eigenvalue weighted by Crippen LogP contribution is 2.50. The maximum atomic E-state index is 14.6. The molecule has 5 nitrogen and oxygen atoms in total. The number of nitrogens with zero attached hydrogens (tertiary/aromatic N) is 2. The van der Waals surface area contributed by atoms with Gasteiger partial charge in [0.15, 0.2) is 5.78 Å². The Labute approximate surface area is 200 Å². The highest BCUT2D eigenvalue weighted by atomic mass is 35.5. The summed E-state index contributed by atoms with van der Waals surface area (Å²) in [7, 11) is 0. The van der Waals surface area contributed by atoms with Crippen LogP contribution in [0, 0.1) is 17.7 Å². The Morgan fingerprint density at radius 3 is 2.21 bits per heavy atom. The van der Waals surface area contributed by atoms with E-state index in [1.54, 1.807) is 30.3 Å². The van der Waals surface area contributed by atoms with Gasteiger partial charge >= 0.3 is 0 Å². The molecule has 4 unspecified atom stereocenters. The largest absolute Gasteiger partial charge is 0.352 e. The molecule has 4 atom stereocenters. The molecule has 2 saturated heterocycles. The summed E-state index contributed by atoms with van der Waals surface area (Å²) in [6, 6.07) is 18.3. The number of halogens is 2. The van der Waals surface area contributed by atoms with Crippen LogP contribution in [0.15, 0.2) is 78.9 Å². The van der Waals surface area contributed by atoms with E-state index >= 15 is 0 Å². The number of hydrogen-bond donors (Lipinski definition) is 0. The molecule has 3 aliphatic rings. The smallest absolute Gasteiger partial charge is 0.240 e. The number of hydrogen-bond acceptors (Lipinski definition) is 4. The fourth-order valence-corrected chi connectivity index (χ4v) is 5.59. The number of benzene rings is 3. The van der Waals surface area contributed by atoms with Crippen molar-refractivity contribution >= 4 is 46.6 Å². The van der Waals surface area contributed by atoms with Crippen molar-refractivity contribution < 1.29 is 18.8 Å². The van der Waals surface area contributed by atoms with Gasteiger partial charge in [-0.3, -0.25) is 14.4 Å². The fourth-order valence-electron chi connectivity index (χ4n) is 5.47. The lowest BCUT2D eigenvalue weighted by atomic mass is 9.86. The summed E-state index contributed by atoms with van der Waals surface area (Å²) in [5.74, 6) is -3.76. The minimum absolute atomic E-state index is 0.0867. The summed E-state index contributed by atoms with van der Waals surface area (Å²) in [5.41, 5.74) is 2.00. The first kappa shape index (κ1) is 20.8. The Bertz CT molecular complexity index is 1390. The summed E-state index contributed by atoms with van der Waals surface area (Å²) in [6.45, 7) is 0. The van der Waals surface area contributed by atoms with Crippen molar-refractivity contribution in [3.05, 3.63) is 101 Å². The number of Topliss-reactive ketones (excluding diaryl/α,β-unsaturated/α-hetero) is 1. The van der Waals surface area contributed by atoms with Gasteiger partial charge in [0.25, 0.3) is 0 Å². The predicted octanol–water partition coefficient (Wildman–Crippen LogP) is 4.75. The van der Waals surface area contributed by atoms with Crippen molar-refractivity contribution in [1.82, 2.24) is 0 Å². The summed E-state index contributed by atoms with van der Waals surface area (Å²) in [5, 5.41) is 0.489. The van der Waals surface area contributed by atoms with Crippen molar-refractivity contribution in [2.24, 2.45) is 11.8 Å². The summed E-state index contributed by atoms with van der Waals surface area (Å²) < 4.78 is 14.6. The second-order valence-corrected chi connectivity index (χ2v) is 9.08. The first-order valence-electron chi connectivity index (χ1n) is 10.9. The van der Waals surface area contributed by atoms with E-state index in [1.165, 1.54) is 18.2 Å². The van der Waals surface area contributed by atoms with E-state index in [4.69, 9.17) is 11.6 Å². The molecule has 3 heterocycles. The highest BCUT2D eigenvalue weighted by Gasteiger charge is 2.64. The second-order valence-electron chi connectivity index (χ2n) is 8.65.